The molecule has 0 bridgehead atoms. The summed E-state index contributed by atoms with van der Waals surface area (Å²) in [6, 6.07) is 0. The molecule has 1 aliphatic rings. The van der Waals surface area contributed by atoms with Crippen molar-refractivity contribution in [1.82, 2.24) is 10.2 Å². The Hall–Kier alpha value is -1.18. The zero-order chi connectivity index (χ0) is 13.6. The summed E-state index contributed by atoms with van der Waals surface area (Å²) in [6.07, 6.45) is 0.488. The van der Waals surface area contributed by atoms with Gasteiger partial charge in [0.1, 0.15) is 5.54 Å². The number of amides is 2. The standard InChI is InChI=1S/C11H21N3O4/c1-14(7-9(15)13-4-6-17-2)10(16)11(12)3-5-18-8-11/h3-8,12H2,1-2H3,(H,13,15). The van der Waals surface area contributed by atoms with Crippen molar-refractivity contribution in [1.29, 1.82) is 0 Å². The molecule has 0 aromatic rings. The van der Waals surface area contributed by atoms with E-state index in [0.717, 1.165) is 0 Å². The number of carbonyl (C=O) groups is 2. The third-order valence-electron chi connectivity index (χ3n) is 2.83. The van der Waals surface area contributed by atoms with E-state index >= 15 is 0 Å². The Balaban J connectivity index is 2.37. The molecule has 0 aromatic carbocycles. The van der Waals surface area contributed by atoms with E-state index in [1.54, 1.807) is 14.2 Å². The molecule has 1 unspecified atom stereocenters. The highest BCUT2D eigenvalue weighted by atomic mass is 16.5. The van der Waals surface area contributed by atoms with Gasteiger partial charge in [-0.3, -0.25) is 9.59 Å². The van der Waals surface area contributed by atoms with Crippen molar-refractivity contribution in [3.05, 3.63) is 0 Å². The number of hydrogen-bond donors (Lipinski definition) is 2. The lowest BCUT2D eigenvalue weighted by Gasteiger charge is -2.27. The van der Waals surface area contributed by atoms with Gasteiger partial charge >= 0.3 is 0 Å². The molecule has 0 aliphatic carbocycles. The monoisotopic (exact) mass is 259 g/mol. The summed E-state index contributed by atoms with van der Waals surface area (Å²) in [5, 5.41) is 2.64. The van der Waals surface area contributed by atoms with Gasteiger partial charge in [-0.1, -0.05) is 0 Å². The predicted octanol–water partition coefficient (Wildman–Crippen LogP) is -1.67. The quantitative estimate of drug-likeness (QED) is 0.556. The zero-order valence-corrected chi connectivity index (χ0v) is 10.9. The lowest BCUT2D eigenvalue weighted by Crippen LogP contribution is -2.56. The van der Waals surface area contributed by atoms with E-state index in [0.29, 0.717) is 26.2 Å². The fourth-order valence-corrected chi connectivity index (χ4v) is 1.77. The van der Waals surface area contributed by atoms with Crippen LogP contribution in [0.1, 0.15) is 6.42 Å². The van der Waals surface area contributed by atoms with E-state index in [2.05, 4.69) is 5.32 Å². The number of ether oxygens (including phenoxy) is 2. The summed E-state index contributed by atoms with van der Waals surface area (Å²) in [6.45, 7) is 1.55. The topological polar surface area (TPSA) is 93.9 Å². The first-order chi connectivity index (χ1) is 8.49. The lowest BCUT2D eigenvalue weighted by molar-refractivity contribution is -0.139. The van der Waals surface area contributed by atoms with Crippen LogP contribution in [-0.2, 0) is 19.1 Å². The van der Waals surface area contributed by atoms with E-state index in [9.17, 15) is 9.59 Å². The Kier molecular flexibility index (Phi) is 5.52. The van der Waals surface area contributed by atoms with Crippen molar-refractivity contribution < 1.29 is 19.1 Å². The molecule has 1 fully saturated rings. The molecule has 0 saturated carbocycles. The molecule has 0 radical (unpaired) electrons. The van der Waals surface area contributed by atoms with Gasteiger partial charge in [-0.05, 0) is 6.42 Å². The molecular formula is C11H21N3O4. The molecule has 3 N–H and O–H groups in total. The van der Waals surface area contributed by atoms with Crippen LogP contribution in [-0.4, -0.2) is 69.3 Å². The minimum atomic E-state index is -0.985. The molecule has 1 rings (SSSR count). The number of likely N-dealkylation sites (N-methyl/N-ethyl adjacent to an activating group) is 1. The molecule has 18 heavy (non-hydrogen) atoms. The van der Waals surface area contributed by atoms with Gasteiger partial charge in [0.25, 0.3) is 0 Å². The Labute approximate surface area is 107 Å². The highest BCUT2D eigenvalue weighted by Crippen LogP contribution is 2.17. The van der Waals surface area contributed by atoms with Crippen molar-refractivity contribution in [2.24, 2.45) is 5.73 Å². The SMILES string of the molecule is COCCNC(=O)CN(C)C(=O)C1(N)CCOC1. The van der Waals surface area contributed by atoms with Crippen LogP contribution in [0.15, 0.2) is 0 Å². The van der Waals surface area contributed by atoms with Crippen LogP contribution in [0.4, 0.5) is 0 Å². The first kappa shape index (κ1) is 14.9. The van der Waals surface area contributed by atoms with E-state index < -0.39 is 5.54 Å². The van der Waals surface area contributed by atoms with Gasteiger partial charge < -0.3 is 25.4 Å². The summed E-state index contributed by atoms with van der Waals surface area (Å²) in [5.41, 5.74) is 4.95. The lowest BCUT2D eigenvalue weighted by atomic mass is 9.98. The highest BCUT2D eigenvalue weighted by molar-refractivity contribution is 5.90. The molecule has 1 saturated heterocycles. The van der Waals surface area contributed by atoms with Gasteiger partial charge in [-0.15, -0.1) is 0 Å². The van der Waals surface area contributed by atoms with Gasteiger partial charge in [0.05, 0.1) is 19.8 Å². The largest absolute Gasteiger partial charge is 0.383 e. The van der Waals surface area contributed by atoms with E-state index in [4.69, 9.17) is 15.2 Å². The summed E-state index contributed by atoms with van der Waals surface area (Å²) in [7, 11) is 3.12. The number of methoxy groups -OCH3 is 1. The number of nitrogens with zero attached hydrogens (tertiary/aromatic N) is 1. The predicted molar refractivity (Wildman–Crippen MR) is 64.9 cm³/mol. The smallest absolute Gasteiger partial charge is 0.245 e. The van der Waals surface area contributed by atoms with Crippen LogP contribution in [0.25, 0.3) is 0 Å². The number of nitrogens with two attached hydrogens (primary N) is 1. The molecule has 0 spiro atoms. The van der Waals surface area contributed by atoms with Gasteiger partial charge in [0, 0.05) is 27.3 Å². The summed E-state index contributed by atoms with van der Waals surface area (Å²) in [5.74, 6) is -0.493. The molecule has 1 aliphatic heterocycles. The van der Waals surface area contributed by atoms with Crippen molar-refractivity contribution >= 4 is 11.8 Å². The first-order valence-corrected chi connectivity index (χ1v) is 5.87. The van der Waals surface area contributed by atoms with E-state index in [-0.39, 0.29) is 25.0 Å². The third-order valence-corrected chi connectivity index (χ3v) is 2.83. The average Bonchev–Trinajstić information content (AvgIpc) is 2.76. The normalized spacial score (nSPS) is 22.8. The maximum Gasteiger partial charge on any atom is 0.245 e. The number of hydrogen-bond acceptors (Lipinski definition) is 5. The molecular weight excluding hydrogens is 238 g/mol. The molecule has 7 heteroatoms. The van der Waals surface area contributed by atoms with Crippen molar-refractivity contribution in [3.8, 4) is 0 Å². The number of carbonyl (C=O) groups excluding carboxylic acids is 2. The van der Waals surface area contributed by atoms with E-state index in [1.807, 2.05) is 0 Å². The van der Waals surface area contributed by atoms with Gasteiger partial charge in [-0.25, -0.2) is 0 Å². The molecule has 104 valence electrons. The number of rotatable bonds is 6. The molecule has 2 amide bonds. The third kappa shape index (κ3) is 3.94. The fourth-order valence-electron chi connectivity index (χ4n) is 1.77. The number of nitrogens with one attached hydrogen (secondary N) is 1. The Morgan fingerprint density at radius 1 is 1.56 bits per heavy atom. The highest BCUT2D eigenvalue weighted by Gasteiger charge is 2.40. The van der Waals surface area contributed by atoms with Crippen LogP contribution in [0, 0.1) is 0 Å². The second-order valence-electron chi connectivity index (χ2n) is 4.46. The molecule has 0 aromatic heterocycles. The Morgan fingerprint density at radius 3 is 2.83 bits per heavy atom. The molecule has 1 heterocycles. The van der Waals surface area contributed by atoms with Crippen molar-refractivity contribution in [2.75, 3.05) is 47.1 Å². The maximum absolute atomic E-state index is 12.0. The summed E-state index contributed by atoms with van der Waals surface area (Å²) >= 11 is 0. The van der Waals surface area contributed by atoms with Gasteiger partial charge in [0.15, 0.2) is 0 Å². The molecule has 7 nitrogen and oxygen atoms in total. The maximum atomic E-state index is 12.0. The minimum absolute atomic E-state index is 0.0124. The fraction of sp³-hybridized carbons (Fsp3) is 0.818. The molecule has 1 atom stereocenters. The van der Waals surface area contributed by atoms with Crippen LogP contribution in [0.5, 0.6) is 0 Å². The second kappa shape index (κ2) is 6.67. The average molecular weight is 259 g/mol. The second-order valence-corrected chi connectivity index (χ2v) is 4.46. The summed E-state index contributed by atoms with van der Waals surface area (Å²) in [4.78, 5) is 24.9. The Bertz CT molecular complexity index is 303. The Morgan fingerprint density at radius 2 is 2.28 bits per heavy atom. The zero-order valence-electron chi connectivity index (χ0n) is 10.9. The van der Waals surface area contributed by atoms with Crippen LogP contribution < -0.4 is 11.1 Å². The minimum Gasteiger partial charge on any atom is -0.383 e. The van der Waals surface area contributed by atoms with Crippen molar-refractivity contribution in [2.45, 2.75) is 12.0 Å². The van der Waals surface area contributed by atoms with Gasteiger partial charge in [-0.2, -0.15) is 0 Å². The van der Waals surface area contributed by atoms with Crippen LogP contribution in [0.3, 0.4) is 0 Å². The van der Waals surface area contributed by atoms with Crippen molar-refractivity contribution in [3.63, 3.8) is 0 Å². The van der Waals surface area contributed by atoms with Crippen LogP contribution in [0.2, 0.25) is 0 Å². The van der Waals surface area contributed by atoms with E-state index in [1.165, 1.54) is 4.90 Å². The first-order valence-electron chi connectivity index (χ1n) is 5.87. The van der Waals surface area contributed by atoms with Crippen LogP contribution >= 0.6 is 0 Å². The van der Waals surface area contributed by atoms with Gasteiger partial charge in [0.2, 0.25) is 11.8 Å². The summed E-state index contributed by atoms with van der Waals surface area (Å²) < 4.78 is 9.94.